The maximum atomic E-state index is 12.0. The van der Waals surface area contributed by atoms with Crippen molar-refractivity contribution in [1.82, 2.24) is 10.6 Å². The van der Waals surface area contributed by atoms with Crippen LogP contribution < -0.4 is 10.6 Å². The molecule has 2 rings (SSSR count). The van der Waals surface area contributed by atoms with Crippen molar-refractivity contribution >= 4 is 17.8 Å². The molecule has 0 spiro atoms. The molecule has 11 heteroatoms. The van der Waals surface area contributed by atoms with Crippen molar-refractivity contribution in [2.75, 3.05) is 0 Å². The van der Waals surface area contributed by atoms with Gasteiger partial charge in [0.15, 0.2) is 12.6 Å². The number of carbonyl (C=O) groups excluding carboxylic acids is 2. The Kier molecular flexibility index (Phi) is 6.82. The van der Waals surface area contributed by atoms with Crippen molar-refractivity contribution in [3.8, 4) is 0 Å². The number of benzene rings is 1. The molecule has 27 heavy (non-hydrogen) atoms. The number of rotatable bonds is 5. The van der Waals surface area contributed by atoms with Crippen LogP contribution in [0.4, 0.5) is 0 Å². The van der Waals surface area contributed by atoms with Crippen molar-refractivity contribution < 1.29 is 44.7 Å². The summed E-state index contributed by atoms with van der Waals surface area (Å²) >= 11 is 0. The summed E-state index contributed by atoms with van der Waals surface area (Å²) in [7, 11) is 0. The van der Waals surface area contributed by atoms with Gasteiger partial charge in [0.2, 0.25) is 0 Å². The molecule has 11 nitrogen and oxygen atoms in total. The molecule has 1 aliphatic heterocycles. The normalized spacial score (nSPS) is 28.8. The van der Waals surface area contributed by atoms with Gasteiger partial charge in [-0.2, -0.15) is 0 Å². The Labute approximate surface area is 153 Å². The summed E-state index contributed by atoms with van der Waals surface area (Å²) in [6.07, 6.45) is -7.49. The summed E-state index contributed by atoms with van der Waals surface area (Å²) in [5.74, 6) is -4.04. The first-order chi connectivity index (χ1) is 12.7. The molecular weight excluding hydrogens is 364 g/mol. The van der Waals surface area contributed by atoms with E-state index in [-0.39, 0.29) is 6.42 Å². The molecular formula is C16H20N2O9. The lowest BCUT2D eigenvalue weighted by molar-refractivity contribution is -0.303. The van der Waals surface area contributed by atoms with Crippen molar-refractivity contribution in [1.29, 1.82) is 0 Å². The standard InChI is InChI=1S/C16H20N2O9/c19-10-9(15(25)27-16(26)11(10)20)18-13(22)12(21)17-8(14(23)24)6-7-4-2-1-3-5-7/h1-5,8-11,15-16,19-20,25-26H,6H2,(H,17,21)(H,18,22)(H,23,24)/t8-,9+,10-,11-,15+,16-/m0/s1. The second-order valence-electron chi connectivity index (χ2n) is 5.95. The highest BCUT2D eigenvalue weighted by atomic mass is 16.7. The van der Waals surface area contributed by atoms with E-state index in [0.29, 0.717) is 5.56 Å². The Balaban J connectivity index is 1.99. The molecule has 0 aliphatic carbocycles. The number of carbonyl (C=O) groups is 3. The zero-order valence-electron chi connectivity index (χ0n) is 13.9. The minimum Gasteiger partial charge on any atom is -0.480 e. The molecule has 0 unspecified atom stereocenters. The van der Waals surface area contributed by atoms with Gasteiger partial charge < -0.3 is 40.9 Å². The number of aliphatic hydroxyl groups is 4. The number of hydrogen-bond acceptors (Lipinski definition) is 8. The molecule has 148 valence electrons. The smallest absolute Gasteiger partial charge is 0.326 e. The summed E-state index contributed by atoms with van der Waals surface area (Å²) < 4.78 is 4.52. The molecule has 1 heterocycles. The molecule has 0 radical (unpaired) electrons. The number of amides is 2. The first kappa shape index (κ1) is 20.7. The molecule has 0 saturated carbocycles. The molecule has 1 aromatic carbocycles. The zero-order chi connectivity index (χ0) is 20.1. The third-order valence-electron chi connectivity index (χ3n) is 3.99. The molecule has 7 N–H and O–H groups in total. The number of nitrogens with one attached hydrogen (secondary N) is 2. The summed E-state index contributed by atoms with van der Waals surface area (Å²) in [6, 6.07) is 5.42. The van der Waals surface area contributed by atoms with Crippen molar-refractivity contribution in [3.63, 3.8) is 0 Å². The number of carboxylic acids is 1. The molecule has 1 aliphatic rings. The van der Waals surface area contributed by atoms with Crippen LogP contribution in [0, 0.1) is 0 Å². The third kappa shape index (κ3) is 5.21. The van der Waals surface area contributed by atoms with Crippen LogP contribution in [0.2, 0.25) is 0 Å². The van der Waals surface area contributed by atoms with E-state index in [0.717, 1.165) is 0 Å². The highest BCUT2D eigenvalue weighted by Crippen LogP contribution is 2.18. The van der Waals surface area contributed by atoms with E-state index in [1.165, 1.54) is 0 Å². The maximum Gasteiger partial charge on any atom is 0.326 e. The fourth-order valence-corrected chi connectivity index (χ4v) is 2.51. The van der Waals surface area contributed by atoms with E-state index < -0.39 is 54.7 Å². The van der Waals surface area contributed by atoms with Gasteiger partial charge in [0.05, 0.1) is 0 Å². The molecule has 0 aromatic heterocycles. The van der Waals surface area contributed by atoms with Crippen molar-refractivity contribution in [2.45, 2.75) is 43.3 Å². The number of aliphatic carboxylic acids is 1. The number of carboxylic acid groups (broad SMARTS) is 1. The summed E-state index contributed by atoms with van der Waals surface area (Å²) in [5, 5.41) is 51.4. The van der Waals surface area contributed by atoms with Gasteiger partial charge in [-0.3, -0.25) is 9.59 Å². The van der Waals surface area contributed by atoms with Crippen LogP contribution in [-0.4, -0.2) is 80.2 Å². The summed E-state index contributed by atoms with van der Waals surface area (Å²) in [5.41, 5.74) is 0.620. The average molecular weight is 384 g/mol. The van der Waals surface area contributed by atoms with Gasteiger partial charge in [-0.05, 0) is 5.56 Å². The largest absolute Gasteiger partial charge is 0.480 e. The van der Waals surface area contributed by atoms with Crippen LogP contribution in [-0.2, 0) is 25.5 Å². The Morgan fingerprint density at radius 3 is 2.19 bits per heavy atom. The van der Waals surface area contributed by atoms with Gasteiger partial charge >= 0.3 is 17.8 Å². The highest BCUT2D eigenvalue weighted by Gasteiger charge is 2.44. The van der Waals surface area contributed by atoms with Crippen molar-refractivity contribution in [3.05, 3.63) is 35.9 Å². The van der Waals surface area contributed by atoms with Crippen molar-refractivity contribution in [2.24, 2.45) is 0 Å². The van der Waals surface area contributed by atoms with Crippen LogP contribution in [0.25, 0.3) is 0 Å². The van der Waals surface area contributed by atoms with Crippen LogP contribution in [0.15, 0.2) is 30.3 Å². The SMILES string of the molecule is O=C(N[C@@H]1[C@H](O)[C@H](O)[C@@H](O)O[C@H]1O)C(=O)N[C@@H](Cc1ccccc1)C(=O)O. The van der Waals surface area contributed by atoms with Gasteiger partial charge in [0.1, 0.15) is 24.3 Å². The Morgan fingerprint density at radius 1 is 0.963 bits per heavy atom. The van der Waals surface area contributed by atoms with Crippen LogP contribution >= 0.6 is 0 Å². The monoisotopic (exact) mass is 384 g/mol. The van der Waals surface area contributed by atoms with Gasteiger partial charge in [0, 0.05) is 6.42 Å². The maximum absolute atomic E-state index is 12.0. The van der Waals surface area contributed by atoms with Gasteiger partial charge in [-0.25, -0.2) is 4.79 Å². The van der Waals surface area contributed by atoms with Gasteiger partial charge in [-0.1, -0.05) is 30.3 Å². The molecule has 6 atom stereocenters. The van der Waals surface area contributed by atoms with Crippen LogP contribution in [0.5, 0.6) is 0 Å². The van der Waals surface area contributed by atoms with E-state index in [4.69, 9.17) is 0 Å². The molecule has 0 bridgehead atoms. The highest BCUT2D eigenvalue weighted by molar-refractivity contribution is 6.35. The fourth-order valence-electron chi connectivity index (χ4n) is 2.51. The lowest BCUT2D eigenvalue weighted by Gasteiger charge is -2.38. The summed E-state index contributed by atoms with van der Waals surface area (Å²) in [6.45, 7) is 0. The second kappa shape index (κ2) is 8.88. The van der Waals surface area contributed by atoms with E-state index in [1.54, 1.807) is 30.3 Å². The topological polar surface area (TPSA) is 186 Å². The third-order valence-corrected chi connectivity index (χ3v) is 3.99. The second-order valence-corrected chi connectivity index (χ2v) is 5.95. The minimum atomic E-state index is -1.89. The zero-order valence-corrected chi connectivity index (χ0v) is 13.9. The van der Waals surface area contributed by atoms with E-state index in [1.807, 2.05) is 10.6 Å². The van der Waals surface area contributed by atoms with Gasteiger partial charge in [0.25, 0.3) is 0 Å². The first-order valence-electron chi connectivity index (χ1n) is 7.96. The van der Waals surface area contributed by atoms with E-state index in [9.17, 15) is 39.9 Å². The van der Waals surface area contributed by atoms with E-state index in [2.05, 4.69) is 4.74 Å². The van der Waals surface area contributed by atoms with Crippen LogP contribution in [0.1, 0.15) is 5.56 Å². The van der Waals surface area contributed by atoms with Crippen LogP contribution in [0.3, 0.4) is 0 Å². The number of aliphatic hydroxyl groups excluding tert-OH is 4. The van der Waals surface area contributed by atoms with Gasteiger partial charge in [-0.15, -0.1) is 0 Å². The first-order valence-corrected chi connectivity index (χ1v) is 7.96. The molecule has 1 fully saturated rings. The number of ether oxygens (including phenoxy) is 1. The predicted octanol–water partition coefficient (Wildman–Crippen LogP) is -3.33. The van der Waals surface area contributed by atoms with E-state index >= 15 is 0 Å². The minimum absolute atomic E-state index is 0.0715. The quantitative estimate of drug-likeness (QED) is 0.255. The Morgan fingerprint density at radius 2 is 1.59 bits per heavy atom. The number of hydrogen-bond donors (Lipinski definition) is 7. The Hall–Kier alpha value is -2.57. The Bertz CT molecular complexity index is 684. The molecule has 2 amide bonds. The fraction of sp³-hybridized carbons (Fsp3) is 0.438. The summed E-state index contributed by atoms with van der Waals surface area (Å²) in [4.78, 5) is 35.3. The average Bonchev–Trinajstić information content (AvgIpc) is 2.63. The molecule has 1 aromatic rings. The predicted molar refractivity (Wildman–Crippen MR) is 86.8 cm³/mol. The lowest BCUT2D eigenvalue weighted by atomic mass is 10.0. The lowest BCUT2D eigenvalue weighted by Crippen LogP contribution is -2.65. The molecule has 1 saturated heterocycles.